The normalized spacial score (nSPS) is 10.7. The average Bonchev–Trinajstić information content (AvgIpc) is 3.12. The van der Waals surface area contributed by atoms with Gasteiger partial charge in [0.1, 0.15) is 0 Å². The van der Waals surface area contributed by atoms with Crippen molar-refractivity contribution in [3.05, 3.63) is 76.3 Å². The molecule has 6 nitrogen and oxygen atoms in total. The van der Waals surface area contributed by atoms with Gasteiger partial charge in [-0.05, 0) is 35.7 Å². The molecule has 0 aliphatic rings. The van der Waals surface area contributed by atoms with E-state index in [9.17, 15) is 4.79 Å². The van der Waals surface area contributed by atoms with Gasteiger partial charge in [-0.25, -0.2) is 4.68 Å². The number of hydrogen-bond donors (Lipinski definition) is 0. The number of carbonyl (C=O) groups is 1. The molecule has 0 bridgehead atoms. The number of nitrogens with zero attached hydrogens (tertiary/aromatic N) is 5. The van der Waals surface area contributed by atoms with Crippen molar-refractivity contribution >= 4 is 17.5 Å². The molecule has 26 heavy (non-hydrogen) atoms. The molecular formula is C19H20ClN5O. The van der Waals surface area contributed by atoms with Gasteiger partial charge in [0.15, 0.2) is 5.69 Å². The smallest absolute Gasteiger partial charge is 0.276 e. The van der Waals surface area contributed by atoms with E-state index < -0.39 is 0 Å². The summed E-state index contributed by atoms with van der Waals surface area (Å²) in [5, 5.41) is 8.72. The molecule has 0 fully saturated rings. The summed E-state index contributed by atoms with van der Waals surface area (Å²) in [6.07, 6.45) is 4.44. The second kappa shape index (κ2) is 8.10. The van der Waals surface area contributed by atoms with Crippen LogP contribution in [0.5, 0.6) is 0 Å². The van der Waals surface area contributed by atoms with Crippen molar-refractivity contribution in [3.8, 4) is 0 Å². The lowest BCUT2D eigenvalue weighted by Gasteiger charge is -2.15. The first-order valence-electron chi connectivity index (χ1n) is 8.39. The van der Waals surface area contributed by atoms with Crippen molar-refractivity contribution in [2.45, 2.75) is 26.4 Å². The van der Waals surface area contributed by atoms with Gasteiger partial charge in [0, 0.05) is 18.3 Å². The van der Waals surface area contributed by atoms with E-state index in [4.69, 9.17) is 11.6 Å². The first-order chi connectivity index (χ1) is 12.5. The van der Waals surface area contributed by atoms with Crippen LogP contribution in [0.4, 0.5) is 0 Å². The van der Waals surface area contributed by atoms with Gasteiger partial charge in [-0.3, -0.25) is 9.78 Å². The van der Waals surface area contributed by atoms with Crippen LogP contribution >= 0.6 is 11.6 Å². The van der Waals surface area contributed by atoms with Gasteiger partial charge in [-0.2, -0.15) is 0 Å². The maximum Gasteiger partial charge on any atom is 0.276 e. The number of benzene rings is 1. The van der Waals surface area contributed by atoms with Crippen molar-refractivity contribution < 1.29 is 4.79 Å². The van der Waals surface area contributed by atoms with Gasteiger partial charge in [0.25, 0.3) is 5.91 Å². The Hall–Kier alpha value is -2.73. The van der Waals surface area contributed by atoms with Crippen LogP contribution in [-0.4, -0.2) is 37.8 Å². The number of halogens is 1. The Morgan fingerprint density at radius 1 is 1.15 bits per heavy atom. The average molecular weight is 370 g/mol. The highest BCUT2D eigenvalue weighted by molar-refractivity contribution is 6.30. The Morgan fingerprint density at radius 2 is 1.88 bits per heavy atom. The lowest BCUT2D eigenvalue weighted by atomic mass is 10.2. The summed E-state index contributed by atoms with van der Waals surface area (Å²) in [5.74, 6) is -0.186. The second-order valence-corrected chi connectivity index (χ2v) is 6.54. The molecule has 1 aromatic carbocycles. The van der Waals surface area contributed by atoms with Crippen LogP contribution in [0.25, 0.3) is 0 Å². The van der Waals surface area contributed by atoms with Crippen molar-refractivity contribution in [2.75, 3.05) is 7.05 Å². The number of amides is 1. The van der Waals surface area contributed by atoms with Crippen LogP contribution in [0.1, 0.15) is 34.2 Å². The van der Waals surface area contributed by atoms with E-state index >= 15 is 0 Å². The molecule has 1 amide bonds. The van der Waals surface area contributed by atoms with Gasteiger partial charge >= 0.3 is 0 Å². The maximum atomic E-state index is 12.5. The van der Waals surface area contributed by atoms with Crippen LogP contribution in [-0.2, 0) is 19.5 Å². The molecule has 0 spiro atoms. The summed E-state index contributed by atoms with van der Waals surface area (Å²) >= 11 is 5.89. The number of aromatic nitrogens is 4. The highest BCUT2D eigenvalue weighted by atomic mass is 35.5. The zero-order valence-electron chi connectivity index (χ0n) is 14.8. The fraction of sp³-hybridized carbons (Fsp3) is 0.263. The van der Waals surface area contributed by atoms with Gasteiger partial charge < -0.3 is 4.90 Å². The van der Waals surface area contributed by atoms with Gasteiger partial charge in [0.05, 0.1) is 25.0 Å². The first kappa shape index (κ1) is 18.1. The summed E-state index contributed by atoms with van der Waals surface area (Å²) in [7, 11) is 1.73. The highest BCUT2D eigenvalue weighted by Gasteiger charge is 2.16. The predicted molar refractivity (Wildman–Crippen MR) is 100.0 cm³/mol. The number of pyridine rings is 1. The minimum atomic E-state index is -0.186. The van der Waals surface area contributed by atoms with Crippen molar-refractivity contribution in [1.82, 2.24) is 24.9 Å². The third-order valence-electron chi connectivity index (χ3n) is 4.06. The Kier molecular flexibility index (Phi) is 5.63. The number of hydrogen-bond acceptors (Lipinski definition) is 4. The largest absolute Gasteiger partial charge is 0.334 e. The third kappa shape index (κ3) is 4.46. The van der Waals surface area contributed by atoms with Crippen molar-refractivity contribution in [3.63, 3.8) is 0 Å². The van der Waals surface area contributed by atoms with Crippen molar-refractivity contribution in [1.29, 1.82) is 0 Å². The molecule has 134 valence electrons. The Morgan fingerprint density at radius 3 is 2.54 bits per heavy atom. The van der Waals surface area contributed by atoms with Crippen LogP contribution < -0.4 is 0 Å². The van der Waals surface area contributed by atoms with E-state index in [1.165, 1.54) is 5.56 Å². The quantitative estimate of drug-likeness (QED) is 0.669. The van der Waals surface area contributed by atoms with Crippen LogP contribution in [0.15, 0.2) is 48.8 Å². The first-order valence-corrected chi connectivity index (χ1v) is 8.77. The molecule has 2 heterocycles. The molecule has 3 rings (SSSR count). The molecule has 7 heteroatoms. The standard InChI is InChI=1S/C19H20ClN5O/c1-3-14-6-9-17(21-10-14)12-24(2)19(26)18-13-25(23-22-18)11-15-4-7-16(20)8-5-15/h4-10,13H,3,11-12H2,1-2H3. The Labute approximate surface area is 157 Å². The van der Waals surface area contributed by atoms with E-state index in [-0.39, 0.29) is 5.91 Å². The fourth-order valence-corrected chi connectivity index (χ4v) is 2.64. The zero-order chi connectivity index (χ0) is 18.5. The topological polar surface area (TPSA) is 63.9 Å². The molecule has 0 aliphatic carbocycles. The minimum Gasteiger partial charge on any atom is -0.334 e. The fourth-order valence-electron chi connectivity index (χ4n) is 2.52. The Balaban J connectivity index is 1.63. The molecule has 0 radical (unpaired) electrons. The lowest BCUT2D eigenvalue weighted by molar-refractivity contribution is 0.0777. The van der Waals surface area contributed by atoms with E-state index in [1.54, 1.807) is 22.8 Å². The van der Waals surface area contributed by atoms with Crippen LogP contribution in [0.3, 0.4) is 0 Å². The maximum absolute atomic E-state index is 12.5. The number of rotatable bonds is 6. The second-order valence-electron chi connectivity index (χ2n) is 6.10. The molecule has 0 aliphatic heterocycles. The molecular weight excluding hydrogens is 350 g/mol. The van der Waals surface area contributed by atoms with Gasteiger partial charge in [-0.15, -0.1) is 5.10 Å². The molecule has 3 aromatic rings. The molecule has 0 N–H and O–H groups in total. The van der Waals surface area contributed by atoms with Gasteiger partial charge in [-0.1, -0.05) is 41.9 Å². The van der Waals surface area contributed by atoms with Crippen LogP contribution in [0.2, 0.25) is 5.02 Å². The summed E-state index contributed by atoms with van der Waals surface area (Å²) in [4.78, 5) is 18.5. The minimum absolute atomic E-state index is 0.186. The van der Waals surface area contributed by atoms with Crippen molar-refractivity contribution in [2.24, 2.45) is 0 Å². The predicted octanol–water partition coefficient (Wildman–Crippen LogP) is 3.21. The summed E-state index contributed by atoms with van der Waals surface area (Å²) in [6.45, 7) is 3.04. The summed E-state index contributed by atoms with van der Waals surface area (Å²) < 4.78 is 1.64. The van der Waals surface area contributed by atoms with E-state index in [1.807, 2.05) is 42.6 Å². The zero-order valence-corrected chi connectivity index (χ0v) is 15.5. The van der Waals surface area contributed by atoms with Gasteiger partial charge in [0.2, 0.25) is 0 Å². The number of aryl methyl sites for hydroxylation is 1. The molecule has 0 saturated carbocycles. The Bertz CT molecular complexity index is 874. The highest BCUT2D eigenvalue weighted by Crippen LogP contribution is 2.11. The molecule has 2 aromatic heterocycles. The van der Waals surface area contributed by atoms with E-state index in [2.05, 4.69) is 22.2 Å². The van der Waals surface area contributed by atoms with Crippen LogP contribution in [0, 0.1) is 0 Å². The summed E-state index contributed by atoms with van der Waals surface area (Å²) in [5.41, 5.74) is 3.36. The monoisotopic (exact) mass is 369 g/mol. The SMILES string of the molecule is CCc1ccc(CN(C)C(=O)c2cn(Cc3ccc(Cl)cc3)nn2)nc1. The van der Waals surface area contributed by atoms with E-state index in [0.29, 0.717) is 23.8 Å². The molecule has 0 saturated heterocycles. The molecule has 0 atom stereocenters. The summed E-state index contributed by atoms with van der Waals surface area (Å²) in [6, 6.07) is 11.5. The third-order valence-corrected chi connectivity index (χ3v) is 4.31. The lowest BCUT2D eigenvalue weighted by Crippen LogP contribution is -2.27. The van der Waals surface area contributed by atoms with E-state index in [0.717, 1.165) is 17.7 Å². The number of carbonyl (C=O) groups excluding carboxylic acids is 1. The molecule has 0 unspecified atom stereocenters.